The van der Waals surface area contributed by atoms with Crippen LogP contribution in [0.15, 0.2) is 69.4 Å². The van der Waals surface area contributed by atoms with Gasteiger partial charge in [0.2, 0.25) is 9.84 Å². The number of carbonyl (C=O) groups excluding carboxylic acids is 1. The Labute approximate surface area is 190 Å². The van der Waals surface area contributed by atoms with Crippen molar-refractivity contribution in [3.63, 3.8) is 0 Å². The third kappa shape index (κ3) is 3.93. The monoisotopic (exact) mass is 518 g/mol. The molecule has 4 rings (SSSR count). The number of sulfone groups is 1. The molecule has 1 amide bonds. The number of nitro groups is 1. The summed E-state index contributed by atoms with van der Waals surface area (Å²) in [4.78, 5) is 25.5. The lowest BCUT2D eigenvalue weighted by molar-refractivity contribution is -0.384. The zero-order valence-electron chi connectivity index (χ0n) is 16.1. The normalized spacial score (nSPS) is 19.2. The standard InChI is InChI=1S/C21H15BrN2O5S2/c1-13-4-2-6-15(10-13)23-20(25)18(12-17-8-9-19(22)30-17)31(28,29)21(23)14-5-3-7-16(11-14)24(26)27/h2-12,21H,1H3/b18-12+/t21-/m1/s1. The number of hydrogen-bond donors (Lipinski definition) is 0. The molecule has 1 aliphatic heterocycles. The number of thiophene rings is 1. The lowest BCUT2D eigenvalue weighted by Crippen LogP contribution is -2.29. The molecule has 7 nitrogen and oxygen atoms in total. The molecule has 2 heterocycles. The van der Waals surface area contributed by atoms with Crippen molar-refractivity contribution in [2.75, 3.05) is 4.90 Å². The van der Waals surface area contributed by atoms with Crippen LogP contribution in [0, 0.1) is 17.0 Å². The van der Waals surface area contributed by atoms with Gasteiger partial charge in [-0.05, 0) is 64.3 Å². The third-order valence-corrected chi connectivity index (χ3v) is 8.32. The Morgan fingerprint density at radius 2 is 1.87 bits per heavy atom. The Bertz CT molecular complexity index is 1350. The van der Waals surface area contributed by atoms with Crippen LogP contribution in [0.4, 0.5) is 11.4 Å². The molecule has 0 bridgehead atoms. The molecular formula is C21H15BrN2O5S2. The summed E-state index contributed by atoms with van der Waals surface area (Å²) in [6, 6.07) is 15.8. The summed E-state index contributed by atoms with van der Waals surface area (Å²) in [7, 11) is -4.17. The number of hydrogen-bond acceptors (Lipinski definition) is 6. The predicted molar refractivity (Wildman–Crippen MR) is 123 cm³/mol. The van der Waals surface area contributed by atoms with E-state index in [0.717, 1.165) is 9.35 Å². The molecule has 1 aromatic heterocycles. The molecule has 0 saturated carbocycles. The van der Waals surface area contributed by atoms with Crippen LogP contribution < -0.4 is 4.90 Å². The maximum absolute atomic E-state index is 13.6. The Kier molecular flexibility index (Phi) is 5.54. The Morgan fingerprint density at radius 3 is 2.52 bits per heavy atom. The van der Waals surface area contributed by atoms with Gasteiger partial charge in [0.15, 0.2) is 5.37 Å². The summed E-state index contributed by atoms with van der Waals surface area (Å²) in [5.41, 5.74) is 1.16. The van der Waals surface area contributed by atoms with Crippen molar-refractivity contribution in [3.05, 3.63) is 95.5 Å². The fourth-order valence-electron chi connectivity index (χ4n) is 3.44. The van der Waals surface area contributed by atoms with Crippen LogP contribution in [0.3, 0.4) is 0 Å². The van der Waals surface area contributed by atoms with Gasteiger partial charge >= 0.3 is 0 Å². The number of nitro benzene ring substituents is 1. The summed E-state index contributed by atoms with van der Waals surface area (Å²) in [6.45, 7) is 1.83. The van der Waals surface area contributed by atoms with E-state index in [0.29, 0.717) is 10.6 Å². The molecule has 0 N–H and O–H groups in total. The SMILES string of the molecule is Cc1cccc(N2C(=O)/C(=C\c3ccc(Br)s3)S(=O)(=O)[C@@H]2c2cccc([N+](=O)[O-])c2)c1. The van der Waals surface area contributed by atoms with Crippen LogP contribution in [0.2, 0.25) is 0 Å². The molecular weight excluding hydrogens is 504 g/mol. The minimum atomic E-state index is -4.17. The van der Waals surface area contributed by atoms with E-state index in [1.165, 1.54) is 46.6 Å². The molecule has 0 aliphatic carbocycles. The second kappa shape index (κ2) is 8.03. The zero-order valence-corrected chi connectivity index (χ0v) is 19.3. The second-order valence-corrected chi connectivity index (χ2v) is 11.4. The van der Waals surface area contributed by atoms with Crippen LogP contribution in [0.5, 0.6) is 0 Å². The molecule has 10 heteroatoms. The van der Waals surface area contributed by atoms with Crippen molar-refractivity contribution in [2.45, 2.75) is 12.3 Å². The molecule has 1 fully saturated rings. The first-order chi connectivity index (χ1) is 14.7. The van der Waals surface area contributed by atoms with Crippen molar-refractivity contribution in [2.24, 2.45) is 0 Å². The molecule has 1 saturated heterocycles. The van der Waals surface area contributed by atoms with Crippen LogP contribution >= 0.6 is 27.3 Å². The Morgan fingerprint density at radius 1 is 1.13 bits per heavy atom. The average molecular weight is 519 g/mol. The van der Waals surface area contributed by atoms with Gasteiger partial charge in [0.25, 0.3) is 11.6 Å². The van der Waals surface area contributed by atoms with Gasteiger partial charge in [-0.1, -0.05) is 24.3 Å². The van der Waals surface area contributed by atoms with E-state index in [-0.39, 0.29) is 16.2 Å². The largest absolute Gasteiger partial charge is 0.286 e. The first kappa shape index (κ1) is 21.4. The van der Waals surface area contributed by atoms with E-state index in [9.17, 15) is 23.3 Å². The van der Waals surface area contributed by atoms with E-state index in [1.54, 1.807) is 30.3 Å². The third-order valence-electron chi connectivity index (χ3n) is 4.78. The number of anilines is 1. The second-order valence-electron chi connectivity index (χ2n) is 6.91. The van der Waals surface area contributed by atoms with Gasteiger partial charge in [0.1, 0.15) is 4.91 Å². The number of halogens is 1. The topological polar surface area (TPSA) is 97.6 Å². The molecule has 2 aromatic carbocycles. The molecule has 1 atom stereocenters. The molecule has 0 radical (unpaired) electrons. The van der Waals surface area contributed by atoms with Crippen LogP contribution in [-0.4, -0.2) is 19.2 Å². The van der Waals surface area contributed by atoms with E-state index in [1.807, 2.05) is 13.0 Å². The van der Waals surface area contributed by atoms with Crippen molar-refractivity contribution < 1.29 is 18.1 Å². The lowest BCUT2D eigenvalue weighted by Gasteiger charge is -2.23. The van der Waals surface area contributed by atoms with Gasteiger partial charge in [-0.2, -0.15) is 0 Å². The van der Waals surface area contributed by atoms with Gasteiger partial charge in [0.05, 0.1) is 8.71 Å². The number of aryl methyl sites for hydroxylation is 1. The minimum Gasteiger partial charge on any atom is -0.286 e. The molecule has 158 valence electrons. The number of carbonyl (C=O) groups is 1. The minimum absolute atomic E-state index is 0.153. The summed E-state index contributed by atoms with van der Waals surface area (Å²) in [6.07, 6.45) is 1.35. The maximum Gasteiger partial charge on any atom is 0.271 e. The van der Waals surface area contributed by atoms with E-state index >= 15 is 0 Å². The number of amides is 1. The highest BCUT2D eigenvalue weighted by atomic mass is 79.9. The summed E-state index contributed by atoms with van der Waals surface area (Å²) in [5, 5.41) is 9.85. The van der Waals surface area contributed by atoms with E-state index in [4.69, 9.17) is 0 Å². The molecule has 0 spiro atoms. The molecule has 31 heavy (non-hydrogen) atoms. The smallest absolute Gasteiger partial charge is 0.271 e. The van der Waals surface area contributed by atoms with Crippen LogP contribution in [0.25, 0.3) is 6.08 Å². The summed E-state index contributed by atoms with van der Waals surface area (Å²) >= 11 is 4.63. The highest BCUT2D eigenvalue weighted by Crippen LogP contribution is 2.44. The highest BCUT2D eigenvalue weighted by molar-refractivity contribution is 9.11. The number of non-ortho nitro benzene ring substituents is 1. The van der Waals surface area contributed by atoms with Crippen molar-refractivity contribution >= 4 is 60.5 Å². The first-order valence-corrected chi connectivity index (χ1v) is 12.2. The van der Waals surface area contributed by atoms with Gasteiger partial charge in [0, 0.05) is 22.7 Å². The van der Waals surface area contributed by atoms with Crippen LogP contribution in [-0.2, 0) is 14.6 Å². The van der Waals surface area contributed by atoms with Gasteiger partial charge in [-0.25, -0.2) is 8.42 Å². The average Bonchev–Trinajstić information content (AvgIpc) is 3.21. The Balaban J connectivity index is 1.94. The fraction of sp³-hybridized carbons (Fsp3) is 0.0952. The van der Waals surface area contributed by atoms with Crippen molar-refractivity contribution in [1.82, 2.24) is 0 Å². The molecule has 0 unspecified atom stereocenters. The zero-order chi connectivity index (χ0) is 22.3. The van der Waals surface area contributed by atoms with Gasteiger partial charge in [-0.15, -0.1) is 11.3 Å². The van der Waals surface area contributed by atoms with E-state index < -0.39 is 26.0 Å². The Hall–Kier alpha value is -2.82. The van der Waals surface area contributed by atoms with E-state index in [2.05, 4.69) is 15.9 Å². The fourth-order valence-corrected chi connectivity index (χ4v) is 6.75. The lowest BCUT2D eigenvalue weighted by atomic mass is 10.1. The van der Waals surface area contributed by atoms with Crippen LogP contribution in [0.1, 0.15) is 21.4 Å². The van der Waals surface area contributed by atoms with Gasteiger partial charge < -0.3 is 0 Å². The van der Waals surface area contributed by atoms with Crippen molar-refractivity contribution in [1.29, 1.82) is 0 Å². The first-order valence-electron chi connectivity index (χ1n) is 9.04. The number of benzene rings is 2. The quantitative estimate of drug-likeness (QED) is 0.267. The van der Waals surface area contributed by atoms with Crippen molar-refractivity contribution in [3.8, 4) is 0 Å². The van der Waals surface area contributed by atoms with Gasteiger partial charge in [-0.3, -0.25) is 19.8 Å². The summed E-state index contributed by atoms with van der Waals surface area (Å²) < 4.78 is 27.9. The molecule has 3 aromatic rings. The number of nitrogens with zero attached hydrogens (tertiary/aromatic N) is 2. The predicted octanol–water partition coefficient (Wildman–Crippen LogP) is 5.23. The molecule has 1 aliphatic rings. The summed E-state index contributed by atoms with van der Waals surface area (Å²) in [5.74, 6) is -0.674. The maximum atomic E-state index is 13.6. The number of rotatable bonds is 4. The highest BCUT2D eigenvalue weighted by Gasteiger charge is 2.50.